The lowest BCUT2D eigenvalue weighted by molar-refractivity contribution is 0.0925. The van der Waals surface area contributed by atoms with E-state index in [1.54, 1.807) is 19.2 Å². The lowest BCUT2D eigenvalue weighted by Crippen LogP contribution is -2.39. The largest absolute Gasteiger partial charge is 0.497 e. The average Bonchev–Trinajstić information content (AvgIpc) is 2.59. The summed E-state index contributed by atoms with van der Waals surface area (Å²) < 4.78 is 5.24. The Morgan fingerprint density at radius 3 is 2.68 bits per heavy atom. The Morgan fingerprint density at radius 1 is 1.23 bits per heavy atom. The molecule has 2 aromatic rings. The summed E-state index contributed by atoms with van der Waals surface area (Å²) in [4.78, 5) is 12.1. The van der Waals surface area contributed by atoms with Crippen LogP contribution in [0.25, 0.3) is 0 Å². The zero-order chi connectivity index (χ0) is 15.8. The highest BCUT2D eigenvalue weighted by atomic mass is 16.5. The summed E-state index contributed by atoms with van der Waals surface area (Å²) in [5.74, 6) is 0.611. The van der Waals surface area contributed by atoms with E-state index in [4.69, 9.17) is 4.74 Å². The molecule has 0 heterocycles. The van der Waals surface area contributed by atoms with Crippen molar-refractivity contribution in [2.24, 2.45) is 0 Å². The topological polar surface area (TPSA) is 50.4 Å². The molecule has 0 aromatic heterocycles. The fourth-order valence-electron chi connectivity index (χ4n) is 2.12. The summed E-state index contributed by atoms with van der Waals surface area (Å²) in [5, 5.41) is 0. The first kappa shape index (κ1) is 15.8. The summed E-state index contributed by atoms with van der Waals surface area (Å²) >= 11 is 0. The number of benzene rings is 2. The monoisotopic (exact) mass is 296 g/mol. The minimum absolute atomic E-state index is 0.0692. The van der Waals surface area contributed by atoms with Gasteiger partial charge in [0.2, 0.25) is 0 Å². The molecule has 1 amide bonds. The van der Waals surface area contributed by atoms with Crippen LogP contribution in [0.5, 0.6) is 5.75 Å². The lowest BCUT2D eigenvalue weighted by Gasteiger charge is -2.19. The molecule has 0 saturated carbocycles. The molecule has 2 N–H and O–H groups in total. The Hall–Kier alpha value is -2.59. The molecule has 4 nitrogen and oxygen atoms in total. The molecule has 0 fully saturated rings. The van der Waals surface area contributed by atoms with Crippen molar-refractivity contribution in [2.75, 3.05) is 7.11 Å². The van der Waals surface area contributed by atoms with E-state index in [0.29, 0.717) is 12.0 Å². The van der Waals surface area contributed by atoms with Gasteiger partial charge in [0.1, 0.15) is 5.75 Å². The first-order valence-corrected chi connectivity index (χ1v) is 7.10. The van der Waals surface area contributed by atoms with E-state index in [-0.39, 0.29) is 11.9 Å². The van der Waals surface area contributed by atoms with Crippen LogP contribution in [0.1, 0.15) is 28.4 Å². The maximum atomic E-state index is 12.1. The van der Waals surface area contributed by atoms with Gasteiger partial charge in [0, 0.05) is 5.56 Å². The average molecular weight is 296 g/mol. The molecule has 2 rings (SSSR count). The first-order chi connectivity index (χ1) is 10.7. The maximum Gasteiger partial charge on any atom is 0.265 e. The van der Waals surface area contributed by atoms with Gasteiger partial charge in [-0.3, -0.25) is 10.2 Å². The molecule has 2 aromatic carbocycles. The van der Waals surface area contributed by atoms with Crippen LogP contribution >= 0.6 is 0 Å². The van der Waals surface area contributed by atoms with Crippen LogP contribution in [-0.2, 0) is 0 Å². The van der Waals surface area contributed by atoms with Crippen LogP contribution in [-0.4, -0.2) is 13.0 Å². The van der Waals surface area contributed by atoms with Crippen LogP contribution in [0.15, 0.2) is 67.3 Å². The number of rotatable bonds is 7. The van der Waals surface area contributed by atoms with Gasteiger partial charge in [0.05, 0.1) is 13.2 Å². The van der Waals surface area contributed by atoms with Crippen molar-refractivity contribution >= 4 is 5.91 Å². The van der Waals surface area contributed by atoms with Gasteiger partial charge in [-0.2, -0.15) is 0 Å². The summed E-state index contributed by atoms with van der Waals surface area (Å²) in [6, 6.07) is 16.7. The molecule has 0 saturated heterocycles. The van der Waals surface area contributed by atoms with Crippen molar-refractivity contribution in [3.63, 3.8) is 0 Å². The molecule has 1 atom stereocenters. The zero-order valence-electron chi connectivity index (χ0n) is 12.6. The Morgan fingerprint density at radius 2 is 2.00 bits per heavy atom. The van der Waals surface area contributed by atoms with Crippen LogP contribution in [0.2, 0.25) is 0 Å². The van der Waals surface area contributed by atoms with E-state index in [1.165, 1.54) is 0 Å². The smallest absolute Gasteiger partial charge is 0.265 e. The quantitative estimate of drug-likeness (QED) is 0.609. The highest BCUT2D eigenvalue weighted by Gasteiger charge is 2.12. The number of hydrogen-bond donors (Lipinski definition) is 2. The molecular weight excluding hydrogens is 276 g/mol. The third-order valence-electron chi connectivity index (χ3n) is 3.29. The van der Waals surface area contributed by atoms with Crippen molar-refractivity contribution in [3.8, 4) is 5.75 Å². The van der Waals surface area contributed by atoms with E-state index in [0.717, 1.165) is 11.3 Å². The number of carbonyl (C=O) groups excluding carboxylic acids is 1. The van der Waals surface area contributed by atoms with Crippen molar-refractivity contribution in [1.82, 2.24) is 10.9 Å². The second-order valence-electron chi connectivity index (χ2n) is 4.82. The number of ether oxygens (including phenoxy) is 1. The Kier molecular flexibility index (Phi) is 5.74. The molecule has 0 aliphatic heterocycles. The van der Waals surface area contributed by atoms with Crippen LogP contribution in [0.4, 0.5) is 0 Å². The molecule has 114 valence electrons. The van der Waals surface area contributed by atoms with Gasteiger partial charge >= 0.3 is 0 Å². The lowest BCUT2D eigenvalue weighted by atomic mass is 10.0. The van der Waals surface area contributed by atoms with Crippen molar-refractivity contribution in [2.45, 2.75) is 12.5 Å². The van der Waals surface area contributed by atoms with Crippen molar-refractivity contribution in [3.05, 3.63) is 78.4 Å². The van der Waals surface area contributed by atoms with E-state index < -0.39 is 0 Å². The predicted octanol–water partition coefficient (Wildman–Crippen LogP) is 3.25. The molecule has 0 spiro atoms. The molecule has 0 unspecified atom stereocenters. The molecule has 4 heteroatoms. The highest BCUT2D eigenvalue weighted by Crippen LogP contribution is 2.21. The molecule has 0 radical (unpaired) electrons. The summed E-state index contributed by atoms with van der Waals surface area (Å²) in [7, 11) is 1.63. The van der Waals surface area contributed by atoms with Gasteiger partial charge in [0.25, 0.3) is 5.91 Å². The van der Waals surface area contributed by atoms with E-state index in [2.05, 4.69) is 17.4 Å². The van der Waals surface area contributed by atoms with Gasteiger partial charge in [-0.05, 0) is 36.2 Å². The number of nitrogens with one attached hydrogen (secondary N) is 2. The van der Waals surface area contributed by atoms with Gasteiger partial charge < -0.3 is 4.74 Å². The highest BCUT2D eigenvalue weighted by molar-refractivity contribution is 5.93. The fourth-order valence-corrected chi connectivity index (χ4v) is 2.12. The number of hydrogen-bond acceptors (Lipinski definition) is 3. The summed E-state index contributed by atoms with van der Waals surface area (Å²) in [6.45, 7) is 3.77. The van der Waals surface area contributed by atoms with Crippen molar-refractivity contribution < 1.29 is 9.53 Å². The number of hydrazine groups is 1. The predicted molar refractivity (Wildman–Crippen MR) is 87.6 cm³/mol. The van der Waals surface area contributed by atoms with E-state index in [1.807, 2.05) is 48.5 Å². The number of carbonyl (C=O) groups is 1. The van der Waals surface area contributed by atoms with Gasteiger partial charge in [-0.25, -0.2) is 5.43 Å². The zero-order valence-corrected chi connectivity index (χ0v) is 12.6. The number of methoxy groups -OCH3 is 1. The molecule has 22 heavy (non-hydrogen) atoms. The Bertz CT molecular complexity index is 626. The first-order valence-electron chi connectivity index (χ1n) is 7.10. The number of amides is 1. The molecule has 0 aliphatic carbocycles. The molecule has 0 bridgehead atoms. The van der Waals surface area contributed by atoms with Crippen LogP contribution in [0.3, 0.4) is 0 Å². The Labute approximate surface area is 130 Å². The van der Waals surface area contributed by atoms with Crippen molar-refractivity contribution in [1.29, 1.82) is 0 Å². The standard InChI is InChI=1S/C18H20N2O2/c1-3-8-17(15-11-7-12-16(13-15)22-2)19-20-18(21)14-9-5-4-6-10-14/h3-7,9-13,17,19H,1,8H2,2H3,(H,20,21)/t17-/m0/s1. The van der Waals surface area contributed by atoms with Gasteiger partial charge in [0.15, 0.2) is 0 Å². The molecule has 0 aliphatic rings. The second kappa shape index (κ2) is 8.00. The minimum atomic E-state index is -0.169. The Balaban J connectivity index is 2.05. The third-order valence-corrected chi connectivity index (χ3v) is 3.29. The third kappa shape index (κ3) is 4.20. The van der Waals surface area contributed by atoms with Crippen LogP contribution < -0.4 is 15.6 Å². The fraction of sp³-hybridized carbons (Fsp3) is 0.167. The normalized spacial score (nSPS) is 11.5. The summed E-state index contributed by atoms with van der Waals surface area (Å²) in [6.07, 6.45) is 2.49. The van der Waals surface area contributed by atoms with Crippen LogP contribution in [0, 0.1) is 0 Å². The van der Waals surface area contributed by atoms with Gasteiger partial charge in [-0.1, -0.05) is 36.4 Å². The second-order valence-corrected chi connectivity index (χ2v) is 4.82. The van der Waals surface area contributed by atoms with E-state index >= 15 is 0 Å². The SMILES string of the molecule is C=CC[C@H](NNC(=O)c1ccccc1)c1cccc(OC)c1. The molecular formula is C18H20N2O2. The maximum absolute atomic E-state index is 12.1. The summed E-state index contributed by atoms with van der Waals surface area (Å²) in [5.41, 5.74) is 7.43. The van der Waals surface area contributed by atoms with E-state index in [9.17, 15) is 4.79 Å². The van der Waals surface area contributed by atoms with Gasteiger partial charge in [-0.15, -0.1) is 6.58 Å². The minimum Gasteiger partial charge on any atom is -0.497 e.